The molecular weight excluding hydrogens is 322 g/mol. The lowest BCUT2D eigenvalue weighted by molar-refractivity contribution is -0.138. The first-order valence-corrected chi connectivity index (χ1v) is 8.62. The third kappa shape index (κ3) is 3.71. The molecule has 3 heterocycles. The lowest BCUT2D eigenvalue weighted by atomic mass is 9.86. The van der Waals surface area contributed by atoms with Crippen molar-refractivity contribution in [3.8, 4) is 0 Å². The van der Waals surface area contributed by atoms with E-state index in [4.69, 9.17) is 0 Å². The highest BCUT2D eigenvalue weighted by Crippen LogP contribution is 2.32. The average molecular weight is 347 g/mol. The van der Waals surface area contributed by atoms with Crippen LogP contribution in [0.4, 0.5) is 0 Å². The van der Waals surface area contributed by atoms with Gasteiger partial charge in [-0.1, -0.05) is 6.08 Å². The molecule has 2 aliphatic rings. The minimum absolute atomic E-state index is 0.0102. The third-order valence-electron chi connectivity index (χ3n) is 5.37. The molecule has 0 aliphatic carbocycles. The summed E-state index contributed by atoms with van der Waals surface area (Å²) < 4.78 is 0. The van der Waals surface area contributed by atoms with Crippen LogP contribution in [0.2, 0.25) is 0 Å². The number of hydrogen-bond acceptors (Lipinski definition) is 6. The van der Waals surface area contributed by atoms with Gasteiger partial charge >= 0.3 is 0 Å². The SMILES string of the molecule is C=CCN1CC[C@]2(CCC1=O)CN(C(=O)Cn1ncnn1)CCN2C. The smallest absolute Gasteiger partial charge is 0.246 e. The van der Waals surface area contributed by atoms with E-state index < -0.39 is 0 Å². The number of piperazine rings is 1. The van der Waals surface area contributed by atoms with E-state index in [0.29, 0.717) is 32.6 Å². The first kappa shape index (κ1) is 17.5. The Labute approximate surface area is 147 Å². The zero-order valence-corrected chi connectivity index (χ0v) is 14.7. The van der Waals surface area contributed by atoms with E-state index in [-0.39, 0.29) is 23.9 Å². The predicted octanol–water partition coefficient (Wildman–Crippen LogP) is -0.616. The molecule has 0 aromatic carbocycles. The summed E-state index contributed by atoms with van der Waals surface area (Å²) in [5, 5.41) is 11.3. The molecule has 1 atom stereocenters. The Morgan fingerprint density at radius 3 is 2.92 bits per heavy atom. The molecule has 0 radical (unpaired) electrons. The number of hydrogen-bond donors (Lipinski definition) is 0. The van der Waals surface area contributed by atoms with Crippen LogP contribution in [0.5, 0.6) is 0 Å². The van der Waals surface area contributed by atoms with E-state index in [0.717, 1.165) is 19.4 Å². The van der Waals surface area contributed by atoms with Gasteiger partial charge in [0.1, 0.15) is 6.54 Å². The second-order valence-corrected chi connectivity index (χ2v) is 6.81. The van der Waals surface area contributed by atoms with Gasteiger partial charge in [-0.25, -0.2) is 0 Å². The molecule has 1 aromatic heterocycles. The summed E-state index contributed by atoms with van der Waals surface area (Å²) in [5.74, 6) is 0.157. The quantitative estimate of drug-likeness (QED) is 0.675. The molecule has 1 spiro atoms. The van der Waals surface area contributed by atoms with Gasteiger partial charge in [-0.2, -0.15) is 4.80 Å². The van der Waals surface area contributed by atoms with Crippen molar-refractivity contribution in [2.45, 2.75) is 31.3 Å². The maximum Gasteiger partial charge on any atom is 0.246 e. The molecule has 3 rings (SSSR count). The summed E-state index contributed by atoms with van der Waals surface area (Å²) in [7, 11) is 2.09. The van der Waals surface area contributed by atoms with Gasteiger partial charge in [0.2, 0.25) is 11.8 Å². The van der Waals surface area contributed by atoms with Crippen molar-refractivity contribution in [3.63, 3.8) is 0 Å². The van der Waals surface area contributed by atoms with E-state index in [9.17, 15) is 9.59 Å². The van der Waals surface area contributed by atoms with Crippen LogP contribution in [0.1, 0.15) is 19.3 Å². The van der Waals surface area contributed by atoms with Gasteiger partial charge in [0.15, 0.2) is 6.33 Å². The maximum absolute atomic E-state index is 12.6. The van der Waals surface area contributed by atoms with Crippen LogP contribution in [0.25, 0.3) is 0 Å². The fourth-order valence-corrected chi connectivity index (χ4v) is 3.74. The van der Waals surface area contributed by atoms with E-state index in [2.05, 4.69) is 33.9 Å². The minimum Gasteiger partial charge on any atom is -0.339 e. The van der Waals surface area contributed by atoms with Crippen molar-refractivity contribution in [1.82, 2.24) is 34.9 Å². The van der Waals surface area contributed by atoms with Crippen LogP contribution < -0.4 is 0 Å². The summed E-state index contributed by atoms with van der Waals surface area (Å²) in [6, 6.07) is 0. The number of carbonyl (C=O) groups is 2. The maximum atomic E-state index is 12.6. The number of likely N-dealkylation sites (N-methyl/N-ethyl adjacent to an activating group) is 1. The average Bonchev–Trinajstić information content (AvgIpc) is 3.06. The second-order valence-electron chi connectivity index (χ2n) is 6.81. The molecular formula is C16H25N7O2. The normalized spacial score (nSPS) is 25.2. The Morgan fingerprint density at radius 2 is 2.20 bits per heavy atom. The molecule has 0 saturated carbocycles. The molecule has 2 amide bonds. The van der Waals surface area contributed by atoms with Crippen molar-refractivity contribution < 1.29 is 9.59 Å². The summed E-state index contributed by atoms with van der Waals surface area (Å²) in [6.45, 7) is 7.22. The second kappa shape index (κ2) is 7.30. The minimum atomic E-state index is -0.157. The fourth-order valence-electron chi connectivity index (χ4n) is 3.74. The molecule has 136 valence electrons. The van der Waals surface area contributed by atoms with Crippen LogP contribution in [-0.2, 0) is 16.1 Å². The van der Waals surface area contributed by atoms with Gasteiger partial charge in [0.25, 0.3) is 0 Å². The van der Waals surface area contributed by atoms with Crippen LogP contribution in [0.15, 0.2) is 19.0 Å². The molecule has 9 nitrogen and oxygen atoms in total. The largest absolute Gasteiger partial charge is 0.339 e. The van der Waals surface area contributed by atoms with E-state index in [1.807, 2.05) is 9.80 Å². The lowest BCUT2D eigenvalue weighted by Gasteiger charge is -2.49. The topological polar surface area (TPSA) is 87.5 Å². The predicted molar refractivity (Wildman–Crippen MR) is 90.4 cm³/mol. The van der Waals surface area contributed by atoms with E-state index in [1.165, 1.54) is 11.1 Å². The molecule has 0 bridgehead atoms. The first-order valence-electron chi connectivity index (χ1n) is 8.62. The molecule has 25 heavy (non-hydrogen) atoms. The number of amides is 2. The molecule has 0 unspecified atom stereocenters. The Balaban J connectivity index is 1.70. The van der Waals surface area contributed by atoms with Gasteiger partial charge in [-0.3, -0.25) is 14.5 Å². The van der Waals surface area contributed by atoms with Crippen molar-refractivity contribution in [3.05, 3.63) is 19.0 Å². The van der Waals surface area contributed by atoms with Crippen molar-refractivity contribution in [2.75, 3.05) is 39.8 Å². The monoisotopic (exact) mass is 347 g/mol. The number of rotatable bonds is 4. The number of tetrazole rings is 1. The van der Waals surface area contributed by atoms with Gasteiger partial charge in [0, 0.05) is 44.7 Å². The summed E-state index contributed by atoms with van der Waals surface area (Å²) in [4.78, 5) is 32.3. The van der Waals surface area contributed by atoms with E-state index >= 15 is 0 Å². The zero-order valence-electron chi connectivity index (χ0n) is 14.7. The Kier molecular flexibility index (Phi) is 5.12. The van der Waals surface area contributed by atoms with Crippen molar-refractivity contribution in [1.29, 1.82) is 0 Å². The third-order valence-corrected chi connectivity index (χ3v) is 5.37. The molecule has 2 aliphatic heterocycles. The Morgan fingerprint density at radius 1 is 1.36 bits per heavy atom. The number of likely N-dealkylation sites (tertiary alicyclic amines) is 1. The fraction of sp³-hybridized carbons (Fsp3) is 0.688. The highest BCUT2D eigenvalue weighted by molar-refractivity contribution is 5.77. The van der Waals surface area contributed by atoms with Gasteiger partial charge in [-0.15, -0.1) is 16.8 Å². The Hall–Kier alpha value is -2.29. The van der Waals surface area contributed by atoms with Crippen LogP contribution in [0, 0.1) is 0 Å². The van der Waals surface area contributed by atoms with Crippen LogP contribution in [0.3, 0.4) is 0 Å². The van der Waals surface area contributed by atoms with Crippen LogP contribution >= 0.6 is 0 Å². The zero-order chi connectivity index (χ0) is 17.9. The number of aromatic nitrogens is 4. The summed E-state index contributed by atoms with van der Waals surface area (Å²) in [5.41, 5.74) is -0.157. The highest BCUT2D eigenvalue weighted by Gasteiger charge is 2.43. The van der Waals surface area contributed by atoms with Gasteiger partial charge in [-0.05, 0) is 25.1 Å². The van der Waals surface area contributed by atoms with Crippen LogP contribution in [-0.4, -0.2) is 92.0 Å². The number of nitrogens with zero attached hydrogens (tertiary/aromatic N) is 7. The van der Waals surface area contributed by atoms with Gasteiger partial charge in [0.05, 0.1) is 0 Å². The highest BCUT2D eigenvalue weighted by atomic mass is 16.2. The van der Waals surface area contributed by atoms with Gasteiger partial charge < -0.3 is 9.80 Å². The number of carbonyl (C=O) groups excluding carboxylic acids is 2. The molecule has 1 aromatic rings. The summed E-state index contributed by atoms with van der Waals surface area (Å²) >= 11 is 0. The molecule has 0 N–H and O–H groups in total. The molecule has 2 saturated heterocycles. The van der Waals surface area contributed by atoms with E-state index in [1.54, 1.807) is 6.08 Å². The van der Waals surface area contributed by atoms with Crippen molar-refractivity contribution in [2.24, 2.45) is 0 Å². The lowest BCUT2D eigenvalue weighted by Crippen LogP contribution is -2.62. The first-order chi connectivity index (χ1) is 12.0. The summed E-state index contributed by atoms with van der Waals surface area (Å²) in [6.07, 6.45) is 5.21. The molecule has 2 fully saturated rings. The molecule has 9 heteroatoms. The van der Waals surface area contributed by atoms with Crippen molar-refractivity contribution >= 4 is 11.8 Å². The standard InChI is InChI=1S/C16H25N7O2/c1-3-7-21-8-6-16(5-4-14(21)24)12-22(10-9-20(16)2)15(25)11-23-18-13-17-19-23/h3,13H,1,4-12H2,2H3/t16-/m1/s1. The Bertz CT molecular complexity index is 632.